The Morgan fingerprint density at radius 3 is 2.36 bits per heavy atom. The Balaban J connectivity index is 3.15. The van der Waals surface area contributed by atoms with E-state index in [2.05, 4.69) is 0 Å². The van der Waals surface area contributed by atoms with E-state index in [1.54, 1.807) is 18.2 Å². The minimum Gasteiger partial charge on any atom is -0.397 e. The molecule has 0 fully saturated rings. The van der Waals surface area contributed by atoms with Crippen LogP contribution in [0.4, 0.5) is 11.4 Å². The highest BCUT2D eigenvalue weighted by Gasteiger charge is 2.00. The summed E-state index contributed by atoms with van der Waals surface area (Å²) in [6.45, 7) is 1.49. The zero-order valence-electron chi connectivity index (χ0n) is 6.29. The smallest absolute Gasteiger partial charge is 0.159 e. The van der Waals surface area contributed by atoms with E-state index in [-0.39, 0.29) is 5.78 Å². The molecule has 3 nitrogen and oxygen atoms in total. The predicted octanol–water partition coefficient (Wildman–Crippen LogP) is 1.05. The van der Waals surface area contributed by atoms with Crippen LogP contribution in [-0.2, 0) is 0 Å². The normalized spacial score (nSPS) is 9.55. The summed E-state index contributed by atoms with van der Waals surface area (Å²) in [6, 6.07) is 4.87. The van der Waals surface area contributed by atoms with Crippen molar-refractivity contribution in [1.29, 1.82) is 0 Å². The first-order valence-corrected chi connectivity index (χ1v) is 3.27. The van der Waals surface area contributed by atoms with Crippen LogP contribution in [0.1, 0.15) is 17.3 Å². The van der Waals surface area contributed by atoms with Crippen molar-refractivity contribution in [3.8, 4) is 0 Å². The molecule has 11 heavy (non-hydrogen) atoms. The highest BCUT2D eigenvalue weighted by atomic mass is 16.1. The molecule has 0 aliphatic carbocycles. The fraction of sp³-hybridized carbons (Fsp3) is 0.125. The van der Waals surface area contributed by atoms with E-state index in [0.717, 1.165) is 0 Å². The molecule has 0 aliphatic heterocycles. The van der Waals surface area contributed by atoms with Crippen LogP contribution >= 0.6 is 0 Å². The van der Waals surface area contributed by atoms with Crippen molar-refractivity contribution >= 4 is 17.2 Å². The number of carbonyl (C=O) groups excluding carboxylic acids is 1. The minimum absolute atomic E-state index is 0.00306. The molecule has 0 spiro atoms. The van der Waals surface area contributed by atoms with Crippen LogP contribution in [0.15, 0.2) is 18.2 Å². The average Bonchev–Trinajstić information content (AvgIpc) is 1.94. The van der Waals surface area contributed by atoms with Gasteiger partial charge in [-0.05, 0) is 25.1 Å². The van der Waals surface area contributed by atoms with E-state index in [0.29, 0.717) is 16.9 Å². The summed E-state index contributed by atoms with van der Waals surface area (Å²) in [5, 5.41) is 0. The molecule has 0 unspecified atom stereocenters. The molecule has 0 radical (unpaired) electrons. The Labute approximate surface area is 65.0 Å². The maximum atomic E-state index is 10.8. The summed E-state index contributed by atoms with van der Waals surface area (Å²) in [4.78, 5) is 10.8. The molecule has 4 N–H and O–H groups in total. The molecule has 1 aromatic rings. The second-order valence-electron chi connectivity index (χ2n) is 2.40. The third-order valence-electron chi connectivity index (χ3n) is 1.49. The Kier molecular flexibility index (Phi) is 1.81. The Morgan fingerprint density at radius 1 is 1.27 bits per heavy atom. The predicted molar refractivity (Wildman–Crippen MR) is 45.3 cm³/mol. The van der Waals surface area contributed by atoms with E-state index in [1.807, 2.05) is 0 Å². The summed E-state index contributed by atoms with van der Waals surface area (Å²) in [6.07, 6.45) is 0. The van der Waals surface area contributed by atoms with E-state index >= 15 is 0 Å². The lowest BCUT2D eigenvalue weighted by Gasteiger charge is -2.00. The van der Waals surface area contributed by atoms with Crippen LogP contribution in [0, 0.1) is 0 Å². The topological polar surface area (TPSA) is 69.1 Å². The highest BCUT2D eigenvalue weighted by Crippen LogP contribution is 2.15. The van der Waals surface area contributed by atoms with Crippen molar-refractivity contribution in [3.05, 3.63) is 23.8 Å². The van der Waals surface area contributed by atoms with Crippen LogP contribution in [0.3, 0.4) is 0 Å². The molecule has 0 aliphatic rings. The van der Waals surface area contributed by atoms with Gasteiger partial charge in [0.2, 0.25) is 0 Å². The lowest BCUT2D eigenvalue weighted by Crippen LogP contribution is -1.98. The maximum absolute atomic E-state index is 10.8. The van der Waals surface area contributed by atoms with Crippen molar-refractivity contribution in [2.45, 2.75) is 6.92 Å². The quantitative estimate of drug-likeness (QED) is 0.464. The summed E-state index contributed by atoms with van der Waals surface area (Å²) in [5.74, 6) is -0.00306. The van der Waals surface area contributed by atoms with E-state index in [1.165, 1.54) is 6.92 Å². The van der Waals surface area contributed by atoms with Gasteiger partial charge in [0.15, 0.2) is 5.78 Å². The molecule has 1 rings (SSSR count). The van der Waals surface area contributed by atoms with Gasteiger partial charge in [0.25, 0.3) is 0 Å². The second-order valence-corrected chi connectivity index (χ2v) is 2.40. The van der Waals surface area contributed by atoms with Crippen molar-refractivity contribution in [3.63, 3.8) is 0 Å². The average molecular weight is 150 g/mol. The minimum atomic E-state index is -0.00306. The number of rotatable bonds is 1. The zero-order chi connectivity index (χ0) is 8.43. The summed E-state index contributed by atoms with van der Waals surface area (Å²) in [7, 11) is 0. The Bertz CT molecular complexity index is 294. The van der Waals surface area contributed by atoms with Gasteiger partial charge in [-0.3, -0.25) is 4.79 Å². The monoisotopic (exact) mass is 150 g/mol. The van der Waals surface area contributed by atoms with Crippen LogP contribution in [0.2, 0.25) is 0 Å². The summed E-state index contributed by atoms with van der Waals surface area (Å²) in [5.41, 5.74) is 12.5. The maximum Gasteiger partial charge on any atom is 0.159 e. The van der Waals surface area contributed by atoms with Gasteiger partial charge >= 0.3 is 0 Å². The second kappa shape index (κ2) is 2.62. The number of benzene rings is 1. The number of hydrogen-bond acceptors (Lipinski definition) is 3. The zero-order valence-corrected chi connectivity index (χ0v) is 6.29. The molecule has 0 atom stereocenters. The third-order valence-corrected chi connectivity index (χ3v) is 1.49. The lowest BCUT2D eigenvalue weighted by atomic mass is 10.1. The molecule has 0 saturated heterocycles. The summed E-state index contributed by atoms with van der Waals surface area (Å²) < 4.78 is 0. The fourth-order valence-corrected chi connectivity index (χ4v) is 0.794. The molecular weight excluding hydrogens is 140 g/mol. The first-order chi connectivity index (χ1) is 5.11. The largest absolute Gasteiger partial charge is 0.397 e. The molecule has 1 aromatic carbocycles. The SMILES string of the molecule is CC(=O)c1ccc(N)c(N)c1. The molecule has 0 amide bonds. The number of ketones is 1. The Hall–Kier alpha value is -1.51. The van der Waals surface area contributed by atoms with Gasteiger partial charge in [-0.25, -0.2) is 0 Å². The highest BCUT2D eigenvalue weighted by molar-refractivity contribution is 5.95. The van der Waals surface area contributed by atoms with Crippen LogP contribution in [0.5, 0.6) is 0 Å². The van der Waals surface area contributed by atoms with Crippen LogP contribution in [-0.4, -0.2) is 5.78 Å². The van der Waals surface area contributed by atoms with E-state index < -0.39 is 0 Å². The number of nitrogen functional groups attached to an aromatic ring is 2. The van der Waals surface area contributed by atoms with Gasteiger partial charge in [0.05, 0.1) is 11.4 Å². The first-order valence-electron chi connectivity index (χ1n) is 3.27. The van der Waals surface area contributed by atoms with Gasteiger partial charge in [0, 0.05) is 5.56 Å². The van der Waals surface area contributed by atoms with E-state index in [9.17, 15) is 4.79 Å². The van der Waals surface area contributed by atoms with Crippen molar-refractivity contribution < 1.29 is 4.79 Å². The molecule has 0 heterocycles. The molecule has 0 aromatic heterocycles. The standard InChI is InChI=1S/C8H10N2O/c1-5(11)6-2-3-7(9)8(10)4-6/h2-4H,9-10H2,1H3. The first kappa shape index (κ1) is 7.60. The van der Waals surface area contributed by atoms with Crippen LogP contribution < -0.4 is 11.5 Å². The third kappa shape index (κ3) is 1.49. The number of hydrogen-bond donors (Lipinski definition) is 2. The lowest BCUT2D eigenvalue weighted by molar-refractivity contribution is 0.101. The molecule has 58 valence electrons. The van der Waals surface area contributed by atoms with Gasteiger partial charge in [-0.2, -0.15) is 0 Å². The molecule has 0 bridgehead atoms. The molecular formula is C8H10N2O. The van der Waals surface area contributed by atoms with Gasteiger partial charge in [-0.1, -0.05) is 0 Å². The number of anilines is 2. The number of carbonyl (C=O) groups is 1. The van der Waals surface area contributed by atoms with Gasteiger partial charge < -0.3 is 11.5 Å². The Morgan fingerprint density at radius 2 is 1.91 bits per heavy atom. The molecule has 0 saturated carbocycles. The van der Waals surface area contributed by atoms with Gasteiger partial charge in [-0.15, -0.1) is 0 Å². The fourth-order valence-electron chi connectivity index (χ4n) is 0.794. The number of nitrogens with two attached hydrogens (primary N) is 2. The van der Waals surface area contributed by atoms with Crippen molar-refractivity contribution in [2.24, 2.45) is 0 Å². The van der Waals surface area contributed by atoms with E-state index in [4.69, 9.17) is 11.5 Å². The van der Waals surface area contributed by atoms with Gasteiger partial charge in [0.1, 0.15) is 0 Å². The van der Waals surface area contributed by atoms with Crippen molar-refractivity contribution in [1.82, 2.24) is 0 Å². The van der Waals surface area contributed by atoms with Crippen LogP contribution in [0.25, 0.3) is 0 Å². The number of Topliss-reactive ketones (excluding diaryl/α,β-unsaturated/α-hetero) is 1. The molecule has 3 heteroatoms. The van der Waals surface area contributed by atoms with Crippen molar-refractivity contribution in [2.75, 3.05) is 11.5 Å². The summed E-state index contributed by atoms with van der Waals surface area (Å²) >= 11 is 0.